The Kier molecular flexibility index (Phi) is 4.28. The first-order valence-electron chi connectivity index (χ1n) is 3.72. The van der Waals surface area contributed by atoms with Crippen LogP contribution in [0.2, 0.25) is 0 Å². The van der Waals surface area contributed by atoms with Crippen LogP contribution in [0.5, 0.6) is 0 Å². The van der Waals surface area contributed by atoms with Crippen molar-refractivity contribution in [2.24, 2.45) is 0 Å². The fraction of sp³-hybridized carbons (Fsp3) is 0.222. The molecule has 1 rings (SSSR count). The van der Waals surface area contributed by atoms with Crippen LogP contribution in [0, 0.1) is 12.7 Å². The zero-order valence-corrected chi connectivity index (χ0v) is 11.9. The van der Waals surface area contributed by atoms with Crippen molar-refractivity contribution < 1.29 is 9.18 Å². The van der Waals surface area contributed by atoms with Crippen molar-refractivity contribution in [2.45, 2.75) is 10.7 Å². The number of rotatable bonds is 2. The van der Waals surface area contributed by atoms with Crippen LogP contribution in [-0.4, -0.2) is 9.52 Å². The second-order valence-electron chi connectivity index (χ2n) is 2.70. The van der Waals surface area contributed by atoms with Crippen LogP contribution in [0.1, 0.15) is 15.9 Å². The van der Waals surface area contributed by atoms with Gasteiger partial charge in [0.2, 0.25) is 0 Å². The van der Waals surface area contributed by atoms with Gasteiger partial charge in [-0.2, -0.15) is 0 Å². The number of carbonyl (C=O) groups excluding carboxylic acids is 1. The van der Waals surface area contributed by atoms with Crippen molar-refractivity contribution in [3.63, 3.8) is 0 Å². The summed E-state index contributed by atoms with van der Waals surface area (Å²) in [7, 11) is 0. The molecule has 0 saturated carbocycles. The summed E-state index contributed by atoms with van der Waals surface area (Å²) in [4.78, 5) is 11.5. The Balaban J connectivity index is 3.24. The molecule has 0 unspecified atom stereocenters. The SMILES string of the molecule is Cc1c(Br)ccc(C(=O)C(Br)Br)c1F. The maximum absolute atomic E-state index is 13.6. The van der Waals surface area contributed by atoms with E-state index in [4.69, 9.17) is 0 Å². The molecule has 1 nitrogen and oxygen atoms in total. The second kappa shape index (κ2) is 4.86. The minimum absolute atomic E-state index is 0.0875. The lowest BCUT2D eigenvalue weighted by Gasteiger charge is -2.06. The summed E-state index contributed by atoms with van der Waals surface area (Å²) in [5.74, 6) is -0.800. The summed E-state index contributed by atoms with van der Waals surface area (Å²) in [5.41, 5.74) is 0.529. The van der Waals surface area contributed by atoms with Crippen molar-refractivity contribution in [1.29, 1.82) is 0 Å². The Labute approximate surface area is 106 Å². The molecule has 0 aliphatic rings. The van der Waals surface area contributed by atoms with Gasteiger partial charge in [-0.3, -0.25) is 4.79 Å². The average Bonchev–Trinajstić information content (AvgIpc) is 2.13. The van der Waals surface area contributed by atoms with E-state index in [9.17, 15) is 9.18 Å². The molecule has 0 N–H and O–H groups in total. The van der Waals surface area contributed by atoms with Gasteiger partial charge in [0.1, 0.15) is 9.55 Å². The van der Waals surface area contributed by atoms with Gasteiger partial charge < -0.3 is 0 Å². The van der Waals surface area contributed by atoms with Gasteiger partial charge in [-0.15, -0.1) is 0 Å². The van der Waals surface area contributed by atoms with Crippen LogP contribution in [-0.2, 0) is 0 Å². The first kappa shape index (κ1) is 12.3. The Hall–Kier alpha value is 0.260. The monoisotopic (exact) mass is 386 g/mol. The first-order chi connectivity index (χ1) is 6.45. The van der Waals surface area contributed by atoms with Crippen LogP contribution < -0.4 is 0 Å². The molecule has 5 heteroatoms. The third-order valence-electron chi connectivity index (χ3n) is 1.78. The van der Waals surface area contributed by atoms with Gasteiger partial charge in [0, 0.05) is 4.47 Å². The highest BCUT2D eigenvalue weighted by Crippen LogP contribution is 2.25. The minimum atomic E-state index is -0.551. The van der Waals surface area contributed by atoms with Crippen LogP contribution in [0.15, 0.2) is 16.6 Å². The van der Waals surface area contributed by atoms with Gasteiger partial charge in [-0.25, -0.2) is 4.39 Å². The highest BCUT2D eigenvalue weighted by molar-refractivity contribution is 9.25. The largest absolute Gasteiger partial charge is 0.292 e. The topological polar surface area (TPSA) is 17.1 Å². The van der Waals surface area contributed by atoms with Crippen molar-refractivity contribution >= 4 is 53.6 Å². The van der Waals surface area contributed by atoms with E-state index in [0.717, 1.165) is 0 Å². The van der Waals surface area contributed by atoms with Gasteiger partial charge in [0.15, 0.2) is 5.78 Å². The predicted octanol–water partition coefficient (Wildman–Crippen LogP) is 4.20. The molecular formula is C9H6Br3FO. The molecule has 0 aliphatic carbocycles. The second-order valence-corrected chi connectivity index (χ2v) is 6.61. The molecule has 0 amide bonds. The molecule has 0 saturated heterocycles. The van der Waals surface area contributed by atoms with E-state index in [0.29, 0.717) is 10.0 Å². The number of hydrogen-bond acceptors (Lipinski definition) is 1. The summed E-state index contributed by atoms with van der Waals surface area (Å²) in [6, 6.07) is 3.12. The summed E-state index contributed by atoms with van der Waals surface area (Å²) in [5, 5.41) is 0. The van der Waals surface area contributed by atoms with E-state index in [1.165, 1.54) is 6.07 Å². The average molecular weight is 389 g/mol. The first-order valence-corrected chi connectivity index (χ1v) is 6.34. The minimum Gasteiger partial charge on any atom is -0.292 e. The molecule has 1 aromatic carbocycles. The molecule has 0 heterocycles. The number of carbonyl (C=O) groups is 1. The number of ketones is 1. The Morgan fingerprint density at radius 3 is 2.50 bits per heavy atom. The Morgan fingerprint density at radius 2 is 2.00 bits per heavy atom. The predicted molar refractivity (Wildman–Crippen MR) is 64.8 cm³/mol. The summed E-state index contributed by atoms with van der Waals surface area (Å²) in [6.45, 7) is 1.62. The summed E-state index contributed by atoms with van der Waals surface area (Å²) in [6.07, 6.45) is 0. The maximum atomic E-state index is 13.6. The smallest absolute Gasteiger partial charge is 0.190 e. The molecule has 76 valence electrons. The lowest BCUT2D eigenvalue weighted by molar-refractivity contribution is 0.101. The highest BCUT2D eigenvalue weighted by atomic mass is 79.9. The Morgan fingerprint density at radius 1 is 1.43 bits per heavy atom. The summed E-state index contributed by atoms with van der Waals surface area (Å²) >= 11 is 9.28. The third-order valence-corrected chi connectivity index (χ3v) is 3.47. The van der Waals surface area contributed by atoms with Crippen LogP contribution >= 0.6 is 47.8 Å². The highest BCUT2D eigenvalue weighted by Gasteiger charge is 2.19. The third kappa shape index (κ3) is 2.44. The maximum Gasteiger partial charge on any atom is 0.190 e. The van der Waals surface area contributed by atoms with Crippen molar-refractivity contribution in [3.05, 3.63) is 33.5 Å². The number of benzene rings is 1. The lowest BCUT2D eigenvalue weighted by atomic mass is 10.1. The van der Waals surface area contributed by atoms with Crippen molar-refractivity contribution in [1.82, 2.24) is 0 Å². The molecule has 0 fully saturated rings. The molecule has 0 bridgehead atoms. The molecule has 0 aliphatic heterocycles. The van der Waals surface area contributed by atoms with Gasteiger partial charge in [-0.1, -0.05) is 47.8 Å². The van der Waals surface area contributed by atoms with E-state index >= 15 is 0 Å². The lowest BCUT2D eigenvalue weighted by Crippen LogP contribution is -2.10. The Bertz CT molecular complexity index is 377. The summed E-state index contributed by atoms with van der Waals surface area (Å²) < 4.78 is 13.7. The molecule has 0 atom stereocenters. The van der Waals surface area contributed by atoms with Crippen molar-refractivity contribution in [3.8, 4) is 0 Å². The standard InChI is InChI=1S/C9H6Br3FO/c1-4-6(10)3-2-5(7(4)13)8(14)9(11)12/h2-3,9H,1H3. The molecule has 0 spiro atoms. The van der Waals surface area contributed by atoms with Gasteiger partial charge in [0.25, 0.3) is 0 Å². The van der Waals surface area contributed by atoms with E-state index in [-0.39, 0.29) is 11.3 Å². The number of hydrogen-bond donors (Lipinski definition) is 0. The van der Waals surface area contributed by atoms with Crippen LogP contribution in [0.4, 0.5) is 4.39 Å². The van der Waals surface area contributed by atoms with Gasteiger partial charge >= 0.3 is 0 Å². The fourth-order valence-electron chi connectivity index (χ4n) is 0.969. The zero-order valence-electron chi connectivity index (χ0n) is 7.15. The van der Waals surface area contributed by atoms with E-state index in [2.05, 4.69) is 47.8 Å². The van der Waals surface area contributed by atoms with Gasteiger partial charge in [-0.05, 0) is 24.6 Å². The van der Waals surface area contributed by atoms with E-state index < -0.39 is 9.55 Å². The van der Waals surface area contributed by atoms with Crippen LogP contribution in [0.3, 0.4) is 0 Å². The van der Waals surface area contributed by atoms with Gasteiger partial charge in [0.05, 0.1) is 5.56 Å². The van der Waals surface area contributed by atoms with E-state index in [1.807, 2.05) is 0 Å². The molecule has 0 aromatic heterocycles. The molecule has 1 aromatic rings. The molecule has 0 radical (unpaired) electrons. The molecular weight excluding hydrogens is 383 g/mol. The van der Waals surface area contributed by atoms with Crippen molar-refractivity contribution in [2.75, 3.05) is 0 Å². The molecule has 14 heavy (non-hydrogen) atoms. The number of alkyl halides is 2. The number of Topliss-reactive ketones (excluding diaryl/α,β-unsaturated/α-hetero) is 1. The normalized spacial score (nSPS) is 10.7. The number of halogens is 4. The quantitative estimate of drug-likeness (QED) is 0.548. The van der Waals surface area contributed by atoms with Crippen LogP contribution in [0.25, 0.3) is 0 Å². The van der Waals surface area contributed by atoms with E-state index in [1.54, 1.807) is 13.0 Å². The zero-order chi connectivity index (χ0) is 10.9. The fourth-order valence-corrected chi connectivity index (χ4v) is 1.77.